The zero-order chi connectivity index (χ0) is 13.4. The number of hydrogen-bond donors (Lipinski definition) is 1. The zero-order valence-corrected chi connectivity index (χ0v) is 9.72. The van der Waals surface area contributed by atoms with Crippen molar-refractivity contribution in [2.24, 2.45) is 0 Å². The number of pyridine rings is 1. The fourth-order valence-electron chi connectivity index (χ4n) is 1.89. The van der Waals surface area contributed by atoms with Gasteiger partial charge in [0.2, 0.25) is 5.82 Å². The molecule has 1 aromatic carbocycles. The second-order valence-corrected chi connectivity index (χ2v) is 3.93. The number of nitrogen functional groups attached to an aromatic ring is 1. The number of benzene rings is 1. The molecule has 0 amide bonds. The summed E-state index contributed by atoms with van der Waals surface area (Å²) in [4.78, 5) is 18.4. The normalized spacial score (nSPS) is 10.7. The highest BCUT2D eigenvalue weighted by molar-refractivity contribution is 5.77. The van der Waals surface area contributed by atoms with Crippen LogP contribution in [0.2, 0.25) is 0 Å². The van der Waals surface area contributed by atoms with Gasteiger partial charge in [-0.3, -0.25) is 14.7 Å². The van der Waals surface area contributed by atoms with E-state index in [1.54, 1.807) is 17.0 Å². The van der Waals surface area contributed by atoms with E-state index in [2.05, 4.69) is 9.97 Å². The molecule has 7 nitrogen and oxygen atoms in total. The summed E-state index contributed by atoms with van der Waals surface area (Å²) in [5.41, 5.74) is 7.07. The molecular formula is C12H9N5O2. The van der Waals surface area contributed by atoms with Crippen molar-refractivity contribution < 1.29 is 4.92 Å². The van der Waals surface area contributed by atoms with Gasteiger partial charge >= 0.3 is 5.69 Å². The highest BCUT2D eigenvalue weighted by atomic mass is 16.6. The van der Waals surface area contributed by atoms with Gasteiger partial charge in [-0.1, -0.05) is 12.1 Å². The Morgan fingerprint density at radius 1 is 1.21 bits per heavy atom. The average Bonchev–Trinajstić information content (AvgIpc) is 2.82. The first-order valence-electron chi connectivity index (χ1n) is 5.50. The summed E-state index contributed by atoms with van der Waals surface area (Å²) < 4.78 is 1.73. The van der Waals surface area contributed by atoms with Gasteiger partial charge in [0.05, 0.1) is 16.0 Å². The minimum Gasteiger partial charge on any atom is -0.378 e. The number of para-hydroxylation sites is 2. The van der Waals surface area contributed by atoms with E-state index in [0.29, 0.717) is 5.82 Å². The van der Waals surface area contributed by atoms with Crippen LogP contribution < -0.4 is 5.73 Å². The van der Waals surface area contributed by atoms with Crippen molar-refractivity contribution >= 4 is 22.5 Å². The van der Waals surface area contributed by atoms with Crippen molar-refractivity contribution in [2.75, 3.05) is 5.73 Å². The molecule has 0 aliphatic carbocycles. The van der Waals surface area contributed by atoms with Crippen LogP contribution in [0.3, 0.4) is 0 Å². The van der Waals surface area contributed by atoms with E-state index in [4.69, 9.17) is 5.73 Å². The molecule has 2 N–H and O–H groups in total. The largest absolute Gasteiger partial charge is 0.378 e. The van der Waals surface area contributed by atoms with E-state index in [1.165, 1.54) is 6.07 Å². The lowest BCUT2D eigenvalue weighted by Gasteiger charge is -2.04. The third-order valence-corrected chi connectivity index (χ3v) is 2.78. The third kappa shape index (κ3) is 1.77. The van der Waals surface area contributed by atoms with Gasteiger partial charge in [-0.25, -0.2) is 9.97 Å². The summed E-state index contributed by atoms with van der Waals surface area (Å²) >= 11 is 0. The van der Waals surface area contributed by atoms with E-state index in [9.17, 15) is 10.1 Å². The summed E-state index contributed by atoms with van der Waals surface area (Å²) in [7, 11) is 0. The first-order valence-corrected chi connectivity index (χ1v) is 5.50. The second-order valence-electron chi connectivity index (χ2n) is 3.93. The molecule has 3 rings (SSSR count). The molecule has 0 saturated carbocycles. The van der Waals surface area contributed by atoms with Crippen LogP contribution in [0.4, 0.5) is 11.5 Å². The van der Waals surface area contributed by atoms with Crippen LogP contribution in [0.25, 0.3) is 16.9 Å². The summed E-state index contributed by atoms with van der Waals surface area (Å²) in [6, 6.07) is 10.4. The van der Waals surface area contributed by atoms with E-state index in [-0.39, 0.29) is 11.5 Å². The Morgan fingerprint density at radius 3 is 2.74 bits per heavy atom. The summed E-state index contributed by atoms with van der Waals surface area (Å²) in [6.45, 7) is 0. The minimum absolute atomic E-state index is 0.111. The predicted octanol–water partition coefficient (Wildman–Crippen LogP) is 1.91. The maximum atomic E-state index is 10.7. The molecule has 94 valence electrons. The molecule has 2 aromatic heterocycles. The SMILES string of the molecule is Nc1nc(-n2cnc3ccccc32)ccc1[N+](=O)[O-]. The lowest BCUT2D eigenvalue weighted by Crippen LogP contribution is -2.03. The smallest absolute Gasteiger partial charge is 0.311 e. The summed E-state index contributed by atoms with van der Waals surface area (Å²) in [5, 5.41) is 10.7. The Labute approximate surface area is 107 Å². The molecule has 2 heterocycles. The van der Waals surface area contributed by atoms with Gasteiger partial charge in [0, 0.05) is 6.07 Å². The summed E-state index contributed by atoms with van der Waals surface area (Å²) in [5.74, 6) is 0.386. The van der Waals surface area contributed by atoms with Gasteiger partial charge in [-0.15, -0.1) is 0 Å². The number of hydrogen-bond acceptors (Lipinski definition) is 5. The number of anilines is 1. The van der Waals surface area contributed by atoms with E-state index in [1.807, 2.05) is 24.3 Å². The standard InChI is InChI=1S/C12H9N5O2/c13-12-10(17(18)19)5-6-11(15-12)16-7-14-8-3-1-2-4-9(8)16/h1-7H,(H2,13,15). The van der Waals surface area contributed by atoms with Gasteiger partial charge in [0.25, 0.3) is 0 Å². The molecule has 19 heavy (non-hydrogen) atoms. The topological polar surface area (TPSA) is 99.9 Å². The van der Waals surface area contributed by atoms with Crippen LogP contribution in [0.5, 0.6) is 0 Å². The number of nitro groups is 1. The number of nitrogens with two attached hydrogens (primary N) is 1. The average molecular weight is 255 g/mol. The molecule has 0 unspecified atom stereocenters. The van der Waals surface area contributed by atoms with Crippen molar-refractivity contribution in [3.05, 3.63) is 52.8 Å². The first-order chi connectivity index (χ1) is 9.16. The van der Waals surface area contributed by atoms with Gasteiger partial charge in [0.15, 0.2) is 0 Å². The molecule has 3 aromatic rings. The monoisotopic (exact) mass is 255 g/mol. The maximum Gasteiger partial charge on any atom is 0.311 e. The molecule has 0 spiro atoms. The lowest BCUT2D eigenvalue weighted by molar-refractivity contribution is -0.384. The van der Waals surface area contributed by atoms with Crippen LogP contribution in [-0.2, 0) is 0 Å². The Balaban J connectivity index is 2.17. The highest BCUT2D eigenvalue weighted by Crippen LogP contribution is 2.22. The fraction of sp³-hybridized carbons (Fsp3) is 0. The Kier molecular flexibility index (Phi) is 2.38. The number of rotatable bonds is 2. The van der Waals surface area contributed by atoms with Gasteiger partial charge in [-0.05, 0) is 18.2 Å². The van der Waals surface area contributed by atoms with Gasteiger partial charge in [0.1, 0.15) is 12.1 Å². The van der Waals surface area contributed by atoms with Crippen LogP contribution >= 0.6 is 0 Å². The Morgan fingerprint density at radius 2 is 2.00 bits per heavy atom. The molecule has 0 bridgehead atoms. The Hall–Kier alpha value is -2.96. The van der Waals surface area contributed by atoms with Crippen molar-refractivity contribution in [1.82, 2.24) is 14.5 Å². The van der Waals surface area contributed by atoms with Crippen LogP contribution in [0.15, 0.2) is 42.7 Å². The second kappa shape index (κ2) is 4.05. The number of fused-ring (bicyclic) bond motifs is 1. The highest BCUT2D eigenvalue weighted by Gasteiger charge is 2.14. The van der Waals surface area contributed by atoms with E-state index < -0.39 is 4.92 Å². The predicted molar refractivity (Wildman–Crippen MR) is 69.9 cm³/mol. The van der Waals surface area contributed by atoms with Crippen LogP contribution in [-0.4, -0.2) is 19.5 Å². The van der Waals surface area contributed by atoms with Crippen LogP contribution in [0.1, 0.15) is 0 Å². The molecule has 7 heteroatoms. The minimum atomic E-state index is -0.557. The fourth-order valence-corrected chi connectivity index (χ4v) is 1.89. The van der Waals surface area contributed by atoms with Gasteiger partial charge in [-0.2, -0.15) is 0 Å². The van der Waals surface area contributed by atoms with Crippen molar-refractivity contribution in [2.45, 2.75) is 0 Å². The van der Waals surface area contributed by atoms with Crippen molar-refractivity contribution in [1.29, 1.82) is 0 Å². The lowest BCUT2D eigenvalue weighted by atomic mass is 10.3. The molecular weight excluding hydrogens is 246 g/mol. The number of imidazole rings is 1. The Bertz CT molecular complexity index is 781. The molecule has 0 aliphatic rings. The third-order valence-electron chi connectivity index (χ3n) is 2.78. The molecule has 0 aliphatic heterocycles. The van der Waals surface area contributed by atoms with E-state index >= 15 is 0 Å². The maximum absolute atomic E-state index is 10.7. The van der Waals surface area contributed by atoms with Crippen molar-refractivity contribution in [3.8, 4) is 5.82 Å². The first kappa shape index (κ1) is 11.1. The molecule has 0 radical (unpaired) electrons. The number of nitrogens with zero attached hydrogens (tertiary/aromatic N) is 4. The quantitative estimate of drug-likeness (QED) is 0.557. The molecule has 0 fully saturated rings. The zero-order valence-electron chi connectivity index (χ0n) is 9.72. The summed E-state index contributed by atoms with van der Waals surface area (Å²) in [6.07, 6.45) is 1.61. The van der Waals surface area contributed by atoms with Crippen molar-refractivity contribution in [3.63, 3.8) is 0 Å². The van der Waals surface area contributed by atoms with Crippen LogP contribution in [0, 0.1) is 10.1 Å². The molecule has 0 atom stereocenters. The number of aromatic nitrogens is 3. The van der Waals surface area contributed by atoms with Gasteiger partial charge < -0.3 is 5.73 Å². The molecule has 0 saturated heterocycles. The van der Waals surface area contributed by atoms with E-state index in [0.717, 1.165) is 11.0 Å².